The van der Waals surface area contributed by atoms with E-state index in [2.05, 4.69) is 18.7 Å². The van der Waals surface area contributed by atoms with Crippen molar-refractivity contribution in [3.63, 3.8) is 0 Å². The van der Waals surface area contributed by atoms with Crippen LogP contribution in [0.1, 0.15) is 44.3 Å². The van der Waals surface area contributed by atoms with Crippen LogP contribution in [0.5, 0.6) is 5.75 Å². The van der Waals surface area contributed by atoms with E-state index < -0.39 is 0 Å². The van der Waals surface area contributed by atoms with E-state index in [0.717, 1.165) is 42.8 Å². The lowest BCUT2D eigenvalue weighted by Gasteiger charge is -2.28. The Bertz CT molecular complexity index is 418. The molecule has 0 amide bonds. The Kier molecular flexibility index (Phi) is 5.62. The molecule has 0 aliphatic carbocycles. The largest absolute Gasteiger partial charge is 0.497 e. The normalized spacial score (nSPS) is 20.4. The average Bonchev–Trinajstić information content (AvgIpc) is 2.47. The van der Waals surface area contributed by atoms with E-state index >= 15 is 0 Å². The highest BCUT2D eigenvalue weighted by Gasteiger charge is 2.21. The molecule has 1 saturated heterocycles. The minimum absolute atomic E-state index is 0.00139. The molecule has 1 aromatic carbocycles. The second-order valence-corrected chi connectivity index (χ2v) is 5.36. The first kappa shape index (κ1) is 15.1. The number of methoxy groups -OCH3 is 1. The molecule has 0 bridgehead atoms. The van der Waals surface area contributed by atoms with Crippen molar-refractivity contribution in [1.29, 1.82) is 0 Å². The van der Waals surface area contributed by atoms with Gasteiger partial charge in [-0.25, -0.2) is 0 Å². The number of benzene rings is 1. The molecular weight excluding hydrogens is 252 g/mol. The molecule has 2 unspecified atom stereocenters. The molecule has 110 valence electrons. The van der Waals surface area contributed by atoms with Crippen LogP contribution in [0.4, 0.5) is 0 Å². The Balaban J connectivity index is 2.06. The molecule has 3 nitrogen and oxygen atoms in total. The zero-order chi connectivity index (χ0) is 14.4. The lowest BCUT2D eigenvalue weighted by molar-refractivity contribution is -0.189. The predicted octanol–water partition coefficient (Wildman–Crippen LogP) is 4.25. The van der Waals surface area contributed by atoms with Crippen LogP contribution in [0.3, 0.4) is 0 Å². The van der Waals surface area contributed by atoms with Crippen molar-refractivity contribution in [3.05, 3.63) is 42.0 Å². The molecule has 20 heavy (non-hydrogen) atoms. The van der Waals surface area contributed by atoms with Gasteiger partial charge >= 0.3 is 0 Å². The van der Waals surface area contributed by atoms with Gasteiger partial charge in [0, 0.05) is 6.61 Å². The molecular formula is C17H24O3. The zero-order valence-electron chi connectivity index (χ0n) is 12.4. The van der Waals surface area contributed by atoms with Crippen molar-refractivity contribution >= 4 is 0 Å². The lowest BCUT2D eigenvalue weighted by Crippen LogP contribution is -2.24. The van der Waals surface area contributed by atoms with Crippen LogP contribution in [0.15, 0.2) is 36.4 Å². The van der Waals surface area contributed by atoms with Crippen molar-refractivity contribution in [1.82, 2.24) is 0 Å². The zero-order valence-corrected chi connectivity index (χ0v) is 12.4. The van der Waals surface area contributed by atoms with Crippen molar-refractivity contribution < 1.29 is 14.2 Å². The number of ether oxygens (including phenoxy) is 3. The van der Waals surface area contributed by atoms with E-state index in [4.69, 9.17) is 14.2 Å². The summed E-state index contributed by atoms with van der Waals surface area (Å²) in [5.41, 5.74) is 2.25. The summed E-state index contributed by atoms with van der Waals surface area (Å²) < 4.78 is 17.0. The first-order valence-corrected chi connectivity index (χ1v) is 7.24. The van der Waals surface area contributed by atoms with E-state index in [1.807, 2.05) is 19.1 Å². The molecule has 1 fully saturated rings. The Morgan fingerprint density at radius 1 is 1.35 bits per heavy atom. The number of rotatable bonds is 6. The van der Waals surface area contributed by atoms with Gasteiger partial charge in [-0.05, 0) is 50.3 Å². The molecule has 2 rings (SSSR count). The van der Waals surface area contributed by atoms with Crippen LogP contribution >= 0.6 is 0 Å². The van der Waals surface area contributed by atoms with Crippen LogP contribution in [0.2, 0.25) is 0 Å². The molecule has 2 atom stereocenters. The Morgan fingerprint density at radius 3 is 2.65 bits per heavy atom. The van der Waals surface area contributed by atoms with E-state index in [1.54, 1.807) is 7.11 Å². The van der Waals surface area contributed by atoms with Gasteiger partial charge in [-0.2, -0.15) is 0 Å². The Morgan fingerprint density at radius 2 is 2.10 bits per heavy atom. The Labute approximate surface area is 121 Å². The minimum Gasteiger partial charge on any atom is -0.497 e. The van der Waals surface area contributed by atoms with Gasteiger partial charge in [0.05, 0.1) is 13.2 Å². The molecule has 0 aromatic heterocycles. The van der Waals surface area contributed by atoms with Gasteiger partial charge in [0.2, 0.25) is 0 Å². The number of hydrogen-bond donors (Lipinski definition) is 0. The Hall–Kier alpha value is -1.32. The van der Waals surface area contributed by atoms with Crippen molar-refractivity contribution in [3.8, 4) is 5.75 Å². The van der Waals surface area contributed by atoms with E-state index in [9.17, 15) is 0 Å². The smallest absolute Gasteiger partial charge is 0.158 e. The van der Waals surface area contributed by atoms with E-state index in [0.29, 0.717) is 0 Å². The molecule has 1 aromatic rings. The van der Waals surface area contributed by atoms with Crippen LogP contribution in [-0.4, -0.2) is 20.0 Å². The summed E-state index contributed by atoms with van der Waals surface area (Å²) in [6, 6.07) is 8.03. The van der Waals surface area contributed by atoms with Gasteiger partial charge in [0.15, 0.2) is 6.29 Å². The third kappa shape index (κ3) is 4.36. The molecule has 1 aliphatic rings. The maximum atomic E-state index is 6.14. The first-order valence-electron chi connectivity index (χ1n) is 7.24. The summed E-state index contributed by atoms with van der Waals surface area (Å²) in [7, 11) is 1.67. The summed E-state index contributed by atoms with van der Waals surface area (Å²) in [4.78, 5) is 0. The molecule has 0 spiro atoms. The van der Waals surface area contributed by atoms with Gasteiger partial charge in [-0.1, -0.05) is 17.7 Å². The summed E-state index contributed by atoms with van der Waals surface area (Å²) in [6.45, 7) is 6.83. The van der Waals surface area contributed by atoms with Crippen molar-refractivity contribution in [2.24, 2.45) is 0 Å². The SMILES string of the molecule is C=C(C)CC(OC1CCCCO1)c1ccc(OC)cc1. The first-order chi connectivity index (χ1) is 9.69. The van der Waals surface area contributed by atoms with Crippen molar-refractivity contribution in [2.45, 2.75) is 45.0 Å². The summed E-state index contributed by atoms with van der Waals surface area (Å²) in [5, 5.41) is 0. The highest BCUT2D eigenvalue weighted by atomic mass is 16.7. The van der Waals surface area contributed by atoms with Gasteiger partial charge in [-0.3, -0.25) is 0 Å². The van der Waals surface area contributed by atoms with Crippen molar-refractivity contribution in [2.75, 3.05) is 13.7 Å². The second-order valence-electron chi connectivity index (χ2n) is 5.36. The quantitative estimate of drug-likeness (QED) is 0.727. The third-order valence-corrected chi connectivity index (χ3v) is 3.48. The monoisotopic (exact) mass is 276 g/mol. The van der Waals surface area contributed by atoms with Gasteiger partial charge in [0.25, 0.3) is 0 Å². The van der Waals surface area contributed by atoms with Gasteiger partial charge in [0.1, 0.15) is 5.75 Å². The summed E-state index contributed by atoms with van der Waals surface area (Å²) in [6.07, 6.45) is 4.01. The second kappa shape index (κ2) is 7.46. The maximum absolute atomic E-state index is 6.14. The fourth-order valence-corrected chi connectivity index (χ4v) is 2.38. The van der Waals surface area contributed by atoms with Crippen LogP contribution < -0.4 is 4.74 Å². The third-order valence-electron chi connectivity index (χ3n) is 3.48. The van der Waals surface area contributed by atoms with E-state index in [1.165, 1.54) is 6.42 Å². The average molecular weight is 276 g/mol. The molecule has 1 aliphatic heterocycles. The molecule has 0 saturated carbocycles. The minimum atomic E-state index is -0.0878. The van der Waals surface area contributed by atoms with Gasteiger partial charge < -0.3 is 14.2 Å². The number of hydrogen-bond acceptors (Lipinski definition) is 3. The molecule has 3 heteroatoms. The fraction of sp³-hybridized carbons (Fsp3) is 0.529. The molecule has 1 heterocycles. The summed E-state index contributed by atoms with van der Waals surface area (Å²) >= 11 is 0. The topological polar surface area (TPSA) is 27.7 Å². The maximum Gasteiger partial charge on any atom is 0.158 e. The lowest BCUT2D eigenvalue weighted by atomic mass is 10.0. The summed E-state index contributed by atoms with van der Waals surface area (Å²) in [5.74, 6) is 0.858. The van der Waals surface area contributed by atoms with Crippen LogP contribution in [-0.2, 0) is 9.47 Å². The standard InChI is InChI=1S/C17H24O3/c1-13(2)12-16(20-17-6-4-5-11-19-17)14-7-9-15(18-3)10-8-14/h7-10,16-17H,1,4-6,11-12H2,2-3H3. The highest BCUT2D eigenvalue weighted by Crippen LogP contribution is 2.29. The molecule has 0 radical (unpaired) electrons. The van der Waals surface area contributed by atoms with E-state index in [-0.39, 0.29) is 12.4 Å². The fourth-order valence-electron chi connectivity index (χ4n) is 2.38. The van der Waals surface area contributed by atoms with Gasteiger partial charge in [-0.15, -0.1) is 6.58 Å². The highest BCUT2D eigenvalue weighted by molar-refractivity contribution is 5.29. The van der Waals surface area contributed by atoms with Crippen LogP contribution in [0, 0.1) is 0 Å². The van der Waals surface area contributed by atoms with Crippen LogP contribution in [0.25, 0.3) is 0 Å². The molecule has 0 N–H and O–H groups in total. The predicted molar refractivity (Wildman–Crippen MR) is 79.8 cm³/mol.